The van der Waals surface area contributed by atoms with E-state index in [2.05, 4.69) is 5.32 Å². The minimum absolute atomic E-state index is 0.00682. The number of amides is 1. The largest absolute Gasteiger partial charge is 0.356 e. The first kappa shape index (κ1) is 18.9. The molecule has 25 heavy (non-hydrogen) atoms. The van der Waals surface area contributed by atoms with Crippen LogP contribution in [0.2, 0.25) is 0 Å². The second-order valence-corrected chi connectivity index (χ2v) is 10.3. The molecule has 3 rings (SSSR count). The zero-order valence-corrected chi connectivity index (χ0v) is 16.3. The summed E-state index contributed by atoms with van der Waals surface area (Å²) >= 11 is 1.27. The first-order valence-electron chi connectivity index (χ1n) is 9.39. The Morgan fingerprint density at radius 3 is 2.68 bits per heavy atom. The van der Waals surface area contributed by atoms with Gasteiger partial charge >= 0.3 is 0 Å². The Morgan fingerprint density at radius 2 is 1.96 bits per heavy atom. The van der Waals surface area contributed by atoms with Crippen LogP contribution in [-0.2, 0) is 14.8 Å². The van der Waals surface area contributed by atoms with Crippen LogP contribution < -0.4 is 5.32 Å². The average Bonchev–Trinajstić information content (AvgIpc) is 3.29. The molecular weight excluding hydrogens is 356 g/mol. The Bertz CT molecular complexity index is 652. The van der Waals surface area contributed by atoms with Gasteiger partial charge in [0, 0.05) is 25.6 Å². The zero-order chi connectivity index (χ0) is 17.7. The molecule has 1 saturated carbocycles. The van der Waals surface area contributed by atoms with Crippen molar-refractivity contribution in [1.29, 1.82) is 0 Å². The molecule has 0 radical (unpaired) electrons. The lowest BCUT2D eigenvalue weighted by atomic mass is 10.0. The molecule has 140 valence electrons. The van der Waals surface area contributed by atoms with Crippen LogP contribution in [0.15, 0.2) is 21.7 Å². The highest BCUT2D eigenvalue weighted by Crippen LogP contribution is 2.29. The lowest BCUT2D eigenvalue weighted by Crippen LogP contribution is -2.45. The van der Waals surface area contributed by atoms with Crippen molar-refractivity contribution in [1.82, 2.24) is 9.62 Å². The van der Waals surface area contributed by atoms with E-state index in [1.165, 1.54) is 37.0 Å². The van der Waals surface area contributed by atoms with Crippen LogP contribution in [0.4, 0.5) is 0 Å². The van der Waals surface area contributed by atoms with E-state index in [0.717, 1.165) is 19.3 Å². The molecule has 1 saturated heterocycles. The maximum atomic E-state index is 12.8. The molecule has 2 fully saturated rings. The van der Waals surface area contributed by atoms with Gasteiger partial charge in [0.1, 0.15) is 4.21 Å². The fraction of sp³-hybridized carbons (Fsp3) is 0.722. The summed E-state index contributed by atoms with van der Waals surface area (Å²) in [4.78, 5) is 12.1. The molecule has 0 bridgehead atoms. The van der Waals surface area contributed by atoms with Crippen molar-refractivity contribution in [2.24, 2.45) is 5.92 Å². The van der Waals surface area contributed by atoms with Crippen molar-refractivity contribution in [3.05, 3.63) is 17.5 Å². The van der Waals surface area contributed by atoms with Gasteiger partial charge in [-0.15, -0.1) is 11.3 Å². The summed E-state index contributed by atoms with van der Waals surface area (Å²) < 4.78 is 27.7. The first-order chi connectivity index (χ1) is 12.1. The summed E-state index contributed by atoms with van der Waals surface area (Å²) in [6.45, 7) is 1.15. The molecule has 1 amide bonds. The lowest BCUT2D eigenvalue weighted by Gasteiger charge is -2.34. The van der Waals surface area contributed by atoms with Crippen molar-refractivity contribution in [3.8, 4) is 0 Å². The van der Waals surface area contributed by atoms with Gasteiger partial charge in [0.25, 0.3) is 10.0 Å². The summed E-state index contributed by atoms with van der Waals surface area (Å²) in [5.74, 6) is 0.667. The molecule has 1 aromatic heterocycles. The minimum Gasteiger partial charge on any atom is -0.356 e. The molecule has 1 aromatic rings. The molecule has 2 heterocycles. The van der Waals surface area contributed by atoms with Gasteiger partial charge < -0.3 is 5.32 Å². The van der Waals surface area contributed by atoms with Crippen LogP contribution in [0.5, 0.6) is 0 Å². The van der Waals surface area contributed by atoms with E-state index in [4.69, 9.17) is 0 Å². The fourth-order valence-electron chi connectivity index (χ4n) is 4.03. The molecule has 2 aliphatic rings. The van der Waals surface area contributed by atoms with Gasteiger partial charge in [-0.3, -0.25) is 4.79 Å². The number of rotatable bonds is 7. The number of carbonyl (C=O) groups is 1. The summed E-state index contributed by atoms with van der Waals surface area (Å²) in [7, 11) is -3.40. The van der Waals surface area contributed by atoms with E-state index in [1.807, 2.05) is 0 Å². The van der Waals surface area contributed by atoms with E-state index < -0.39 is 10.0 Å². The SMILES string of the molecule is O=C(CC1CCCC1)NCCC1CCCCN1S(=O)(=O)c1cccs1. The number of sulfonamides is 1. The monoisotopic (exact) mass is 384 g/mol. The van der Waals surface area contributed by atoms with Crippen LogP contribution in [-0.4, -0.2) is 37.8 Å². The molecule has 1 N–H and O–H groups in total. The normalized spacial score (nSPS) is 23.0. The highest BCUT2D eigenvalue weighted by atomic mass is 32.2. The summed E-state index contributed by atoms with van der Waals surface area (Å²) in [5.41, 5.74) is 0. The Hall–Kier alpha value is -0.920. The van der Waals surface area contributed by atoms with E-state index in [-0.39, 0.29) is 11.9 Å². The van der Waals surface area contributed by atoms with Gasteiger partial charge in [-0.1, -0.05) is 25.3 Å². The number of nitrogens with one attached hydrogen (secondary N) is 1. The number of hydrogen-bond acceptors (Lipinski definition) is 4. The molecule has 0 aromatic carbocycles. The van der Waals surface area contributed by atoms with Gasteiger partial charge in [-0.05, 0) is 49.5 Å². The van der Waals surface area contributed by atoms with Crippen LogP contribution in [0.3, 0.4) is 0 Å². The predicted octanol–water partition coefficient (Wildman–Crippen LogP) is 3.38. The highest BCUT2D eigenvalue weighted by Gasteiger charge is 2.33. The second-order valence-electron chi connectivity index (χ2n) is 7.19. The van der Waals surface area contributed by atoms with Crippen LogP contribution in [0.25, 0.3) is 0 Å². The Labute approximate surface area is 154 Å². The van der Waals surface area contributed by atoms with Crippen molar-refractivity contribution < 1.29 is 13.2 Å². The highest BCUT2D eigenvalue weighted by molar-refractivity contribution is 7.91. The van der Waals surface area contributed by atoms with E-state index >= 15 is 0 Å². The maximum absolute atomic E-state index is 12.8. The minimum atomic E-state index is -3.40. The second kappa shape index (κ2) is 8.64. The summed E-state index contributed by atoms with van der Waals surface area (Å²) in [6, 6.07) is 3.45. The van der Waals surface area contributed by atoms with Gasteiger partial charge in [0.15, 0.2) is 0 Å². The Kier molecular flexibility index (Phi) is 6.52. The van der Waals surface area contributed by atoms with Crippen molar-refractivity contribution in [3.63, 3.8) is 0 Å². The molecule has 0 spiro atoms. The Balaban J connectivity index is 1.52. The molecule has 1 aliphatic heterocycles. The lowest BCUT2D eigenvalue weighted by molar-refractivity contribution is -0.122. The standard InChI is InChI=1S/C18H28N2O3S2/c21-17(14-15-6-1-2-7-15)19-11-10-16-8-3-4-12-20(16)25(22,23)18-9-5-13-24-18/h5,9,13,15-16H,1-4,6-8,10-12,14H2,(H,19,21). The number of carbonyl (C=O) groups excluding carboxylic acids is 1. The molecule has 1 aliphatic carbocycles. The van der Waals surface area contributed by atoms with Crippen LogP contribution in [0, 0.1) is 5.92 Å². The van der Waals surface area contributed by atoms with Crippen molar-refractivity contribution in [2.75, 3.05) is 13.1 Å². The Morgan fingerprint density at radius 1 is 1.20 bits per heavy atom. The van der Waals surface area contributed by atoms with Crippen LogP contribution >= 0.6 is 11.3 Å². The number of nitrogens with zero attached hydrogens (tertiary/aromatic N) is 1. The summed E-state index contributed by atoms with van der Waals surface area (Å²) in [5, 5.41) is 4.81. The number of hydrogen-bond donors (Lipinski definition) is 1. The fourth-order valence-corrected chi connectivity index (χ4v) is 6.87. The number of piperidine rings is 1. The average molecular weight is 385 g/mol. The van der Waals surface area contributed by atoms with Crippen molar-refractivity contribution >= 4 is 27.3 Å². The van der Waals surface area contributed by atoms with Gasteiger partial charge in [-0.25, -0.2) is 8.42 Å². The third-order valence-corrected chi connectivity index (χ3v) is 8.70. The molecule has 1 atom stereocenters. The number of thiophene rings is 1. The maximum Gasteiger partial charge on any atom is 0.252 e. The predicted molar refractivity (Wildman–Crippen MR) is 100 cm³/mol. The van der Waals surface area contributed by atoms with Gasteiger partial charge in [0.05, 0.1) is 0 Å². The quantitative estimate of drug-likeness (QED) is 0.784. The van der Waals surface area contributed by atoms with Crippen LogP contribution in [0.1, 0.15) is 57.8 Å². The van der Waals surface area contributed by atoms with E-state index in [1.54, 1.807) is 21.8 Å². The third kappa shape index (κ3) is 4.83. The molecule has 5 nitrogen and oxygen atoms in total. The molecule has 7 heteroatoms. The zero-order valence-electron chi connectivity index (χ0n) is 14.7. The van der Waals surface area contributed by atoms with Crippen molar-refractivity contribution in [2.45, 2.75) is 68.0 Å². The van der Waals surface area contributed by atoms with E-state index in [0.29, 0.717) is 36.1 Å². The third-order valence-electron chi connectivity index (χ3n) is 5.38. The topological polar surface area (TPSA) is 66.5 Å². The van der Waals surface area contributed by atoms with E-state index in [9.17, 15) is 13.2 Å². The smallest absolute Gasteiger partial charge is 0.252 e. The molecule has 1 unspecified atom stereocenters. The van der Waals surface area contributed by atoms with Gasteiger partial charge in [0.2, 0.25) is 5.91 Å². The summed E-state index contributed by atoms with van der Waals surface area (Å²) in [6.07, 6.45) is 9.00. The van der Waals surface area contributed by atoms with Gasteiger partial charge in [-0.2, -0.15) is 4.31 Å². The molecular formula is C18H28N2O3S2. The first-order valence-corrected chi connectivity index (χ1v) is 11.7.